The molecule has 0 radical (unpaired) electrons. The average molecular weight is 486 g/mol. The molecule has 2 aromatic rings. The molecule has 0 saturated heterocycles. The van der Waals surface area contributed by atoms with Crippen LogP contribution in [0.3, 0.4) is 0 Å². The molecule has 0 spiro atoms. The summed E-state index contributed by atoms with van der Waals surface area (Å²) in [6.07, 6.45) is 4.28. The number of aliphatic carboxylic acids is 1. The molecule has 2 atom stereocenters. The summed E-state index contributed by atoms with van der Waals surface area (Å²) in [5.41, 5.74) is 2.32. The summed E-state index contributed by atoms with van der Waals surface area (Å²) in [6.45, 7) is 6.14. The van der Waals surface area contributed by atoms with E-state index in [0.717, 1.165) is 25.7 Å². The fraction of sp³-hybridized carbons (Fsp3) is 0.640. The highest BCUT2D eigenvalue weighted by molar-refractivity contribution is 5.70. The van der Waals surface area contributed by atoms with Crippen molar-refractivity contribution in [2.24, 2.45) is 18.9 Å². The van der Waals surface area contributed by atoms with E-state index in [4.69, 9.17) is 9.47 Å². The van der Waals surface area contributed by atoms with Crippen molar-refractivity contribution in [3.63, 3.8) is 0 Å². The van der Waals surface area contributed by atoms with E-state index in [1.807, 2.05) is 13.0 Å². The lowest BCUT2D eigenvalue weighted by atomic mass is 9.70. The molecule has 0 aliphatic heterocycles. The molecule has 0 aromatic carbocycles. The smallest absolute Gasteiger partial charge is 0.410 e. The van der Waals surface area contributed by atoms with Crippen LogP contribution in [0.4, 0.5) is 4.79 Å². The Morgan fingerprint density at radius 2 is 2.03 bits per heavy atom. The van der Waals surface area contributed by atoms with Gasteiger partial charge in [-0.15, -0.1) is 5.10 Å². The Kier molecular flexibility index (Phi) is 7.00. The number of ether oxygens (including phenoxy) is 2. The fourth-order valence-electron chi connectivity index (χ4n) is 5.36. The summed E-state index contributed by atoms with van der Waals surface area (Å²) in [6, 6.07) is 3.64. The summed E-state index contributed by atoms with van der Waals surface area (Å²) in [7, 11) is 3.54. The Morgan fingerprint density at radius 1 is 1.29 bits per heavy atom. The number of carbonyl (C=O) groups excluding carboxylic acids is 1. The molecular weight excluding hydrogens is 450 g/mol. The van der Waals surface area contributed by atoms with Crippen molar-refractivity contribution in [1.29, 1.82) is 0 Å². The highest BCUT2D eigenvalue weighted by Gasteiger charge is 2.43. The van der Waals surface area contributed by atoms with Gasteiger partial charge in [0.05, 0.1) is 23.4 Å². The number of aromatic nitrogens is 4. The molecule has 2 fully saturated rings. The van der Waals surface area contributed by atoms with Crippen LogP contribution in [0.2, 0.25) is 0 Å². The number of carbonyl (C=O) groups is 2. The molecule has 190 valence electrons. The van der Waals surface area contributed by atoms with Gasteiger partial charge in [-0.1, -0.05) is 12.1 Å². The van der Waals surface area contributed by atoms with Gasteiger partial charge in [0.1, 0.15) is 23.7 Å². The summed E-state index contributed by atoms with van der Waals surface area (Å²) in [4.78, 5) is 30.4. The molecule has 0 unspecified atom stereocenters. The minimum atomic E-state index is -0.762. The number of nitrogens with zero attached hydrogens (tertiary/aromatic N) is 5. The maximum atomic E-state index is 12.7. The number of hydrogen-bond acceptors (Lipinski definition) is 7. The number of amides is 1. The summed E-state index contributed by atoms with van der Waals surface area (Å²) in [5.74, 6) is 0.120. The van der Waals surface area contributed by atoms with E-state index in [1.54, 1.807) is 29.7 Å². The third kappa shape index (κ3) is 5.26. The van der Waals surface area contributed by atoms with Gasteiger partial charge in [0.2, 0.25) is 0 Å². The lowest BCUT2D eigenvalue weighted by Gasteiger charge is -2.49. The minimum absolute atomic E-state index is 0.0330. The van der Waals surface area contributed by atoms with E-state index in [1.165, 1.54) is 0 Å². The Hall–Kier alpha value is -3.17. The van der Waals surface area contributed by atoms with Crippen molar-refractivity contribution < 1.29 is 24.2 Å². The Labute approximate surface area is 205 Å². The number of rotatable bonds is 7. The number of hydrogen-bond donors (Lipinski definition) is 1. The molecule has 2 aliphatic carbocycles. The molecule has 35 heavy (non-hydrogen) atoms. The normalized spacial score (nSPS) is 26.0. The summed E-state index contributed by atoms with van der Waals surface area (Å²) >= 11 is 0. The second kappa shape index (κ2) is 9.83. The third-order valence-electron chi connectivity index (χ3n) is 7.48. The Balaban J connectivity index is 1.43. The first kappa shape index (κ1) is 24.9. The van der Waals surface area contributed by atoms with Crippen LogP contribution in [0.15, 0.2) is 12.1 Å². The standard InChI is InChI=1S/C25H35N5O5/c1-15-12-25(3,13-15)29(4)24(33)34-14-20-22(27-28-30(20)5)19-9-10-21(16(2)26-19)35-18-8-6-7-17(11-18)23(31)32/h9-10,15,17-18H,6-8,11-14H2,1-5H3,(H,31,32)/t15?,17-,18-,25?/m0/s1. The van der Waals surface area contributed by atoms with Crippen LogP contribution in [0.5, 0.6) is 5.75 Å². The van der Waals surface area contributed by atoms with Crippen LogP contribution in [-0.2, 0) is 23.2 Å². The van der Waals surface area contributed by atoms with Crippen molar-refractivity contribution in [2.75, 3.05) is 7.05 Å². The number of carboxylic acid groups (broad SMARTS) is 1. The van der Waals surface area contributed by atoms with Gasteiger partial charge in [0, 0.05) is 19.6 Å². The van der Waals surface area contributed by atoms with E-state index < -0.39 is 5.97 Å². The second-order valence-corrected chi connectivity index (χ2v) is 10.4. The first-order chi connectivity index (χ1) is 16.6. The van der Waals surface area contributed by atoms with E-state index >= 15 is 0 Å². The third-order valence-corrected chi connectivity index (χ3v) is 7.48. The van der Waals surface area contributed by atoms with Crippen LogP contribution in [0.1, 0.15) is 63.8 Å². The Bertz CT molecular complexity index is 1090. The van der Waals surface area contributed by atoms with Crippen LogP contribution in [0, 0.1) is 18.8 Å². The zero-order valence-electron chi connectivity index (χ0n) is 21.2. The zero-order chi connectivity index (χ0) is 25.3. The molecule has 2 saturated carbocycles. The topological polar surface area (TPSA) is 120 Å². The second-order valence-electron chi connectivity index (χ2n) is 10.4. The van der Waals surface area contributed by atoms with Crippen LogP contribution >= 0.6 is 0 Å². The van der Waals surface area contributed by atoms with Crippen molar-refractivity contribution in [1.82, 2.24) is 24.9 Å². The predicted octanol–water partition coefficient (Wildman–Crippen LogP) is 3.96. The maximum absolute atomic E-state index is 12.7. The van der Waals surface area contributed by atoms with E-state index in [0.29, 0.717) is 47.3 Å². The fourth-order valence-corrected chi connectivity index (χ4v) is 5.36. The molecule has 1 N–H and O–H groups in total. The SMILES string of the molecule is Cc1nc(-c2nnn(C)c2COC(=O)N(C)C2(C)CC(C)C2)ccc1O[C@H]1CCC[C@H](C(=O)O)C1. The molecule has 2 aliphatic rings. The summed E-state index contributed by atoms with van der Waals surface area (Å²) < 4.78 is 13.3. The molecule has 0 bridgehead atoms. The van der Waals surface area contributed by atoms with Gasteiger partial charge in [0.15, 0.2) is 0 Å². The molecule has 10 nitrogen and oxygen atoms in total. The molecule has 2 heterocycles. The van der Waals surface area contributed by atoms with Gasteiger partial charge in [0.25, 0.3) is 0 Å². The zero-order valence-corrected chi connectivity index (χ0v) is 21.2. The first-order valence-electron chi connectivity index (χ1n) is 12.2. The minimum Gasteiger partial charge on any atom is -0.489 e. The van der Waals surface area contributed by atoms with E-state index in [9.17, 15) is 14.7 Å². The highest BCUT2D eigenvalue weighted by atomic mass is 16.6. The molecule has 2 aromatic heterocycles. The van der Waals surface area contributed by atoms with Gasteiger partial charge in [-0.2, -0.15) is 0 Å². The van der Waals surface area contributed by atoms with Crippen molar-refractivity contribution in [2.45, 2.75) is 77.5 Å². The number of aryl methyl sites for hydroxylation is 2. The molecule has 4 rings (SSSR count). The number of carboxylic acids is 1. The lowest BCUT2D eigenvalue weighted by Crippen LogP contribution is -2.55. The highest BCUT2D eigenvalue weighted by Crippen LogP contribution is 2.41. The van der Waals surface area contributed by atoms with Crippen LogP contribution < -0.4 is 4.74 Å². The first-order valence-corrected chi connectivity index (χ1v) is 12.2. The predicted molar refractivity (Wildman–Crippen MR) is 128 cm³/mol. The van der Waals surface area contributed by atoms with Gasteiger partial charge >= 0.3 is 12.1 Å². The maximum Gasteiger partial charge on any atom is 0.410 e. The van der Waals surface area contributed by atoms with Crippen molar-refractivity contribution >= 4 is 12.1 Å². The van der Waals surface area contributed by atoms with E-state index in [-0.39, 0.29) is 30.3 Å². The van der Waals surface area contributed by atoms with Crippen LogP contribution in [0.25, 0.3) is 11.4 Å². The van der Waals surface area contributed by atoms with Crippen LogP contribution in [-0.4, -0.2) is 60.7 Å². The molecular formula is C25H35N5O5. The lowest BCUT2D eigenvalue weighted by molar-refractivity contribution is -0.143. The molecule has 10 heteroatoms. The van der Waals surface area contributed by atoms with Gasteiger partial charge < -0.3 is 19.5 Å². The quantitative estimate of drug-likeness (QED) is 0.626. The average Bonchev–Trinajstić information content (AvgIpc) is 3.17. The monoisotopic (exact) mass is 485 g/mol. The summed E-state index contributed by atoms with van der Waals surface area (Å²) in [5, 5.41) is 17.7. The van der Waals surface area contributed by atoms with Crippen molar-refractivity contribution in [3.05, 3.63) is 23.5 Å². The van der Waals surface area contributed by atoms with E-state index in [2.05, 4.69) is 29.1 Å². The van der Waals surface area contributed by atoms with Crippen molar-refractivity contribution in [3.8, 4) is 17.1 Å². The van der Waals surface area contributed by atoms with Gasteiger partial charge in [-0.25, -0.2) is 14.5 Å². The number of pyridine rings is 1. The van der Waals surface area contributed by atoms with Gasteiger partial charge in [-0.3, -0.25) is 4.79 Å². The van der Waals surface area contributed by atoms with Gasteiger partial charge in [-0.05, 0) is 70.4 Å². The largest absolute Gasteiger partial charge is 0.489 e. The Morgan fingerprint density at radius 3 is 2.69 bits per heavy atom. The molecule has 1 amide bonds.